The molecule has 3 heteroatoms. The Morgan fingerprint density at radius 1 is 1.57 bits per heavy atom. The molecule has 1 aromatic rings. The fourth-order valence-corrected chi connectivity index (χ4v) is 2.26. The Morgan fingerprint density at radius 2 is 2.36 bits per heavy atom. The largest absolute Gasteiger partial charge is 0.382 e. The molecule has 0 saturated carbocycles. The third-order valence-electron chi connectivity index (χ3n) is 2.59. The number of nitrogens with one attached hydrogen (secondary N) is 1. The second kappa shape index (κ2) is 3.44. The average Bonchev–Trinajstić information content (AvgIpc) is 2.44. The summed E-state index contributed by atoms with van der Waals surface area (Å²) < 4.78 is 5.19. The van der Waals surface area contributed by atoms with Gasteiger partial charge in [0.15, 0.2) is 0 Å². The summed E-state index contributed by atoms with van der Waals surface area (Å²) in [6, 6.07) is 5.95. The molecule has 0 radical (unpaired) electrons. The third-order valence-corrected chi connectivity index (χ3v) is 2.94. The van der Waals surface area contributed by atoms with E-state index in [2.05, 4.69) is 18.3 Å². The van der Waals surface area contributed by atoms with E-state index < -0.39 is 0 Å². The summed E-state index contributed by atoms with van der Waals surface area (Å²) in [7, 11) is 1.72. The smallest absolute Gasteiger partial charge is 0.0693 e. The first kappa shape index (κ1) is 9.81. The Bertz CT molecular complexity index is 353. The highest BCUT2D eigenvalue weighted by Gasteiger charge is 2.33. The van der Waals surface area contributed by atoms with E-state index in [1.165, 1.54) is 5.56 Å². The fraction of sp³-hybridized carbons (Fsp3) is 0.455. The van der Waals surface area contributed by atoms with Gasteiger partial charge in [0.25, 0.3) is 0 Å². The van der Waals surface area contributed by atoms with Crippen molar-refractivity contribution >= 4 is 17.3 Å². The van der Waals surface area contributed by atoms with E-state index in [-0.39, 0.29) is 5.54 Å². The van der Waals surface area contributed by atoms with Gasteiger partial charge in [-0.25, -0.2) is 0 Å². The predicted molar refractivity (Wildman–Crippen MR) is 59.1 cm³/mol. The number of benzene rings is 1. The van der Waals surface area contributed by atoms with Crippen LogP contribution in [-0.2, 0) is 11.2 Å². The quantitative estimate of drug-likeness (QED) is 0.812. The zero-order chi connectivity index (χ0) is 10.2. The summed E-state index contributed by atoms with van der Waals surface area (Å²) >= 11 is 6.12. The van der Waals surface area contributed by atoms with Crippen LogP contribution in [0.4, 0.5) is 5.69 Å². The summed E-state index contributed by atoms with van der Waals surface area (Å²) in [5.74, 6) is 0. The summed E-state index contributed by atoms with van der Waals surface area (Å²) in [5.41, 5.74) is 2.33. The van der Waals surface area contributed by atoms with Crippen LogP contribution in [0.1, 0.15) is 12.5 Å². The number of hydrogen-bond acceptors (Lipinski definition) is 2. The maximum atomic E-state index is 6.12. The van der Waals surface area contributed by atoms with E-state index >= 15 is 0 Å². The van der Waals surface area contributed by atoms with E-state index in [0.29, 0.717) is 6.61 Å². The molecule has 76 valence electrons. The van der Waals surface area contributed by atoms with Gasteiger partial charge in [-0.3, -0.25) is 0 Å². The summed E-state index contributed by atoms with van der Waals surface area (Å²) in [6.45, 7) is 2.84. The summed E-state index contributed by atoms with van der Waals surface area (Å²) in [5, 5.41) is 4.29. The molecule has 0 aliphatic carbocycles. The number of ether oxygens (including phenoxy) is 1. The van der Waals surface area contributed by atoms with Crippen molar-refractivity contribution in [3.8, 4) is 0 Å². The van der Waals surface area contributed by atoms with Crippen LogP contribution in [-0.4, -0.2) is 19.3 Å². The zero-order valence-corrected chi connectivity index (χ0v) is 9.19. The van der Waals surface area contributed by atoms with Gasteiger partial charge in [0.2, 0.25) is 0 Å². The van der Waals surface area contributed by atoms with E-state index in [9.17, 15) is 0 Å². The standard InChI is InChI=1S/C11H14ClNO/c1-11(7-14-2)6-8-9(12)4-3-5-10(8)13-11/h3-5,13H,6-7H2,1-2H3. The molecule has 1 aliphatic heterocycles. The minimum Gasteiger partial charge on any atom is -0.382 e. The molecule has 1 unspecified atom stereocenters. The predicted octanol–water partition coefficient (Wildman–Crippen LogP) is 2.71. The van der Waals surface area contributed by atoms with Crippen molar-refractivity contribution in [3.05, 3.63) is 28.8 Å². The maximum absolute atomic E-state index is 6.12. The lowest BCUT2D eigenvalue weighted by molar-refractivity contribution is 0.153. The molecule has 1 aliphatic rings. The molecule has 14 heavy (non-hydrogen) atoms. The van der Waals surface area contributed by atoms with Crippen molar-refractivity contribution in [2.45, 2.75) is 18.9 Å². The number of halogens is 1. The van der Waals surface area contributed by atoms with Crippen molar-refractivity contribution in [3.63, 3.8) is 0 Å². The van der Waals surface area contributed by atoms with Gasteiger partial charge in [0, 0.05) is 24.2 Å². The molecule has 0 amide bonds. The molecule has 0 bridgehead atoms. The van der Waals surface area contributed by atoms with Crippen molar-refractivity contribution in [1.29, 1.82) is 0 Å². The van der Waals surface area contributed by atoms with Crippen LogP contribution in [0.15, 0.2) is 18.2 Å². The lowest BCUT2D eigenvalue weighted by Crippen LogP contribution is -2.37. The Balaban J connectivity index is 2.29. The lowest BCUT2D eigenvalue weighted by atomic mass is 9.99. The van der Waals surface area contributed by atoms with Crippen LogP contribution in [0.25, 0.3) is 0 Å². The number of fused-ring (bicyclic) bond motifs is 1. The lowest BCUT2D eigenvalue weighted by Gasteiger charge is -2.23. The first-order valence-corrected chi connectivity index (χ1v) is 5.07. The number of methoxy groups -OCH3 is 1. The highest BCUT2D eigenvalue weighted by Crippen LogP contribution is 2.36. The molecule has 0 fully saturated rings. The summed E-state index contributed by atoms with van der Waals surface area (Å²) in [6.07, 6.45) is 0.926. The van der Waals surface area contributed by atoms with Crippen molar-refractivity contribution in [1.82, 2.24) is 0 Å². The van der Waals surface area contributed by atoms with E-state index in [4.69, 9.17) is 16.3 Å². The Morgan fingerprint density at radius 3 is 3.00 bits per heavy atom. The van der Waals surface area contributed by atoms with Crippen LogP contribution < -0.4 is 5.32 Å². The molecule has 1 heterocycles. The number of hydrogen-bond donors (Lipinski definition) is 1. The second-order valence-corrected chi connectivity index (χ2v) is 4.47. The Labute approximate surface area is 89.2 Å². The average molecular weight is 212 g/mol. The summed E-state index contributed by atoms with van der Waals surface area (Å²) in [4.78, 5) is 0. The van der Waals surface area contributed by atoms with E-state index in [1.54, 1.807) is 7.11 Å². The van der Waals surface area contributed by atoms with Crippen LogP contribution in [0.3, 0.4) is 0 Å². The van der Waals surface area contributed by atoms with Gasteiger partial charge in [-0.05, 0) is 24.6 Å². The molecule has 1 atom stereocenters. The first-order chi connectivity index (χ1) is 6.64. The van der Waals surface area contributed by atoms with Gasteiger partial charge >= 0.3 is 0 Å². The molecular weight excluding hydrogens is 198 g/mol. The Hall–Kier alpha value is -0.730. The van der Waals surface area contributed by atoms with Crippen LogP contribution in [0.5, 0.6) is 0 Å². The van der Waals surface area contributed by atoms with Crippen molar-refractivity contribution in [2.75, 3.05) is 19.0 Å². The monoisotopic (exact) mass is 211 g/mol. The van der Waals surface area contributed by atoms with Crippen molar-refractivity contribution in [2.24, 2.45) is 0 Å². The van der Waals surface area contributed by atoms with Crippen LogP contribution >= 0.6 is 11.6 Å². The molecule has 0 spiro atoms. The minimum atomic E-state index is -0.0118. The van der Waals surface area contributed by atoms with Gasteiger partial charge in [-0.2, -0.15) is 0 Å². The van der Waals surface area contributed by atoms with Crippen molar-refractivity contribution < 1.29 is 4.74 Å². The number of rotatable bonds is 2. The molecule has 1 N–H and O–H groups in total. The van der Waals surface area contributed by atoms with Crippen LogP contribution in [0.2, 0.25) is 5.02 Å². The highest BCUT2D eigenvalue weighted by atomic mass is 35.5. The minimum absolute atomic E-state index is 0.0118. The zero-order valence-electron chi connectivity index (χ0n) is 8.43. The van der Waals surface area contributed by atoms with Gasteiger partial charge in [-0.1, -0.05) is 17.7 Å². The second-order valence-electron chi connectivity index (χ2n) is 4.06. The van der Waals surface area contributed by atoms with E-state index in [1.807, 2.05) is 12.1 Å². The molecule has 2 rings (SSSR count). The molecule has 1 aromatic carbocycles. The normalized spacial score (nSPS) is 24.5. The fourth-order valence-electron chi connectivity index (χ4n) is 2.02. The highest BCUT2D eigenvalue weighted by molar-refractivity contribution is 6.31. The number of anilines is 1. The molecule has 2 nitrogen and oxygen atoms in total. The third kappa shape index (κ3) is 1.60. The molecule has 0 aromatic heterocycles. The Kier molecular flexibility index (Phi) is 2.41. The molecule has 0 saturated heterocycles. The first-order valence-electron chi connectivity index (χ1n) is 4.69. The van der Waals surface area contributed by atoms with E-state index in [0.717, 1.165) is 17.1 Å². The van der Waals surface area contributed by atoms with Gasteiger partial charge in [0.1, 0.15) is 0 Å². The van der Waals surface area contributed by atoms with Gasteiger partial charge in [0.05, 0.1) is 12.1 Å². The van der Waals surface area contributed by atoms with Gasteiger partial charge in [-0.15, -0.1) is 0 Å². The van der Waals surface area contributed by atoms with Crippen LogP contribution in [0, 0.1) is 0 Å². The topological polar surface area (TPSA) is 21.3 Å². The SMILES string of the molecule is COCC1(C)Cc2c(Cl)cccc2N1. The maximum Gasteiger partial charge on any atom is 0.0693 e. The van der Waals surface area contributed by atoms with Gasteiger partial charge < -0.3 is 10.1 Å². The molecular formula is C11H14ClNO.